The van der Waals surface area contributed by atoms with Crippen LogP contribution < -0.4 is 15.4 Å². The molecule has 0 aliphatic carbocycles. The number of esters is 1. The van der Waals surface area contributed by atoms with Gasteiger partial charge in [0.15, 0.2) is 0 Å². The number of amides is 2. The van der Waals surface area contributed by atoms with Gasteiger partial charge < -0.3 is 15.4 Å². The Labute approximate surface area is 181 Å². The number of nitrogens with one attached hydrogen (secondary N) is 3. The molecule has 2 rings (SSSR count). The summed E-state index contributed by atoms with van der Waals surface area (Å²) in [7, 11) is -0.889. The van der Waals surface area contributed by atoms with E-state index in [1.54, 1.807) is 36.4 Å². The Morgan fingerprint density at radius 1 is 0.903 bits per heavy atom. The number of hydrogen-bond acceptors (Lipinski definition) is 6. The second-order valence-corrected chi connectivity index (χ2v) is 8.51. The number of carbonyl (C=O) groups excluding carboxylic acids is 3. The third kappa shape index (κ3) is 7.83. The van der Waals surface area contributed by atoms with Crippen LogP contribution in [0.2, 0.25) is 0 Å². The monoisotopic (exact) mass is 447 g/mol. The van der Waals surface area contributed by atoms with E-state index in [2.05, 4.69) is 20.1 Å². The molecule has 0 atom stereocenters. The van der Waals surface area contributed by atoms with Crippen molar-refractivity contribution in [3.63, 3.8) is 0 Å². The lowest BCUT2D eigenvalue weighted by atomic mass is 10.1. The number of sulfonamides is 1. The molecule has 0 radical (unpaired) electrons. The van der Waals surface area contributed by atoms with Crippen LogP contribution in [0.4, 0.5) is 5.69 Å². The van der Waals surface area contributed by atoms with E-state index < -0.39 is 16.0 Å². The topological polar surface area (TPSA) is 131 Å². The summed E-state index contributed by atoms with van der Waals surface area (Å²) in [4.78, 5) is 35.1. The highest BCUT2D eigenvalue weighted by atomic mass is 32.2. The third-order valence-electron chi connectivity index (χ3n) is 4.40. The fraction of sp³-hybridized carbons (Fsp3) is 0.286. The molecule has 0 fully saturated rings. The van der Waals surface area contributed by atoms with Gasteiger partial charge in [0, 0.05) is 12.1 Å². The predicted molar refractivity (Wildman–Crippen MR) is 115 cm³/mol. The molecule has 0 aromatic heterocycles. The second kappa shape index (κ2) is 11.2. The predicted octanol–water partition coefficient (Wildman–Crippen LogP) is 0.998. The Balaban J connectivity index is 1.80. The maximum atomic E-state index is 12.2. The summed E-state index contributed by atoms with van der Waals surface area (Å²) >= 11 is 0. The Morgan fingerprint density at radius 3 is 2.10 bits per heavy atom. The molecule has 31 heavy (non-hydrogen) atoms. The summed E-state index contributed by atoms with van der Waals surface area (Å²) in [5.41, 5.74) is 2.18. The van der Waals surface area contributed by atoms with Crippen molar-refractivity contribution >= 4 is 33.5 Å². The van der Waals surface area contributed by atoms with Gasteiger partial charge in [-0.2, -0.15) is 0 Å². The van der Waals surface area contributed by atoms with Crippen molar-refractivity contribution in [1.29, 1.82) is 0 Å². The van der Waals surface area contributed by atoms with Gasteiger partial charge in [0.25, 0.3) is 0 Å². The average molecular weight is 448 g/mol. The van der Waals surface area contributed by atoms with E-state index in [1.807, 2.05) is 0 Å². The molecular weight excluding hydrogens is 422 g/mol. The molecule has 2 aromatic carbocycles. The van der Waals surface area contributed by atoms with Gasteiger partial charge in [0.2, 0.25) is 21.8 Å². The minimum Gasteiger partial charge on any atom is -0.468 e. The minimum absolute atomic E-state index is 0.102. The summed E-state index contributed by atoms with van der Waals surface area (Å²) in [6.45, 7) is -0.183. The van der Waals surface area contributed by atoms with Crippen LogP contribution in [-0.2, 0) is 42.0 Å². The van der Waals surface area contributed by atoms with Crippen LogP contribution >= 0.6 is 0 Å². The molecule has 166 valence electrons. The molecule has 0 saturated heterocycles. The summed E-state index contributed by atoms with van der Waals surface area (Å²) in [6, 6.07) is 13.2. The number of hydrogen-bond donors (Lipinski definition) is 3. The van der Waals surface area contributed by atoms with Crippen LogP contribution in [-0.4, -0.2) is 46.9 Å². The molecule has 0 spiro atoms. The number of benzene rings is 2. The van der Waals surface area contributed by atoms with Crippen molar-refractivity contribution < 1.29 is 27.5 Å². The van der Waals surface area contributed by atoms with Crippen molar-refractivity contribution in [3.05, 3.63) is 59.7 Å². The molecular formula is C21H25N3O6S. The van der Waals surface area contributed by atoms with Crippen molar-refractivity contribution in [2.45, 2.75) is 24.2 Å². The summed E-state index contributed by atoms with van der Waals surface area (Å²) in [6.07, 6.45) is 0.796. The number of rotatable bonds is 10. The minimum atomic E-state index is -3.48. The van der Waals surface area contributed by atoms with Crippen LogP contribution in [0.3, 0.4) is 0 Å². The fourth-order valence-electron chi connectivity index (χ4n) is 2.63. The maximum absolute atomic E-state index is 12.2. The fourth-order valence-corrected chi connectivity index (χ4v) is 3.36. The molecule has 0 saturated carbocycles. The van der Waals surface area contributed by atoms with E-state index in [9.17, 15) is 22.8 Å². The van der Waals surface area contributed by atoms with Crippen LogP contribution in [0, 0.1) is 0 Å². The molecule has 0 heterocycles. The number of ether oxygens (including phenoxy) is 1. The van der Waals surface area contributed by atoms with Crippen LogP contribution in [0.1, 0.15) is 17.5 Å². The van der Waals surface area contributed by atoms with Crippen molar-refractivity contribution in [2.24, 2.45) is 0 Å². The average Bonchev–Trinajstić information content (AvgIpc) is 2.77. The van der Waals surface area contributed by atoms with Crippen LogP contribution in [0.15, 0.2) is 53.4 Å². The Bertz CT molecular complexity index is 1020. The van der Waals surface area contributed by atoms with Gasteiger partial charge >= 0.3 is 5.97 Å². The Hall–Kier alpha value is -3.24. The van der Waals surface area contributed by atoms with Gasteiger partial charge in [-0.25, -0.2) is 13.1 Å². The summed E-state index contributed by atoms with van der Waals surface area (Å²) in [5, 5.41) is 5.23. The lowest BCUT2D eigenvalue weighted by Gasteiger charge is -2.08. The Morgan fingerprint density at radius 2 is 1.52 bits per heavy atom. The standard InChI is InChI=1S/C21H25N3O6S/c1-22-31(28,29)18-10-5-15(6-11-18)7-12-19(25)24-17-8-3-16(4-9-17)13-20(26)23-14-21(27)30-2/h3-6,8-11,22H,7,12-14H2,1-2H3,(H,23,26)(H,24,25). The van der Waals surface area contributed by atoms with E-state index >= 15 is 0 Å². The first kappa shape index (κ1) is 24.0. The lowest BCUT2D eigenvalue weighted by Crippen LogP contribution is -2.31. The second-order valence-electron chi connectivity index (χ2n) is 6.63. The first-order valence-corrected chi connectivity index (χ1v) is 11.0. The largest absolute Gasteiger partial charge is 0.468 e. The van der Waals surface area contributed by atoms with Crippen molar-refractivity contribution in [1.82, 2.24) is 10.0 Å². The van der Waals surface area contributed by atoms with E-state index in [1.165, 1.54) is 26.3 Å². The molecule has 0 bridgehead atoms. The van der Waals surface area contributed by atoms with Gasteiger partial charge in [0.05, 0.1) is 18.4 Å². The van der Waals surface area contributed by atoms with Gasteiger partial charge in [-0.05, 0) is 48.9 Å². The van der Waals surface area contributed by atoms with Crippen molar-refractivity contribution in [3.8, 4) is 0 Å². The van der Waals surface area contributed by atoms with E-state index in [-0.39, 0.29) is 36.1 Å². The Kier molecular flexibility index (Phi) is 8.71. The van der Waals surface area contributed by atoms with Crippen molar-refractivity contribution in [2.75, 3.05) is 26.0 Å². The zero-order valence-electron chi connectivity index (χ0n) is 17.3. The first-order valence-electron chi connectivity index (χ1n) is 9.48. The zero-order chi connectivity index (χ0) is 22.9. The molecule has 0 aliphatic rings. The third-order valence-corrected chi connectivity index (χ3v) is 5.83. The maximum Gasteiger partial charge on any atom is 0.325 e. The quantitative estimate of drug-likeness (QED) is 0.466. The molecule has 0 unspecified atom stereocenters. The van der Waals surface area contributed by atoms with Gasteiger partial charge in [0.1, 0.15) is 6.54 Å². The highest BCUT2D eigenvalue weighted by molar-refractivity contribution is 7.89. The smallest absolute Gasteiger partial charge is 0.325 e. The lowest BCUT2D eigenvalue weighted by molar-refractivity contribution is -0.141. The molecule has 3 N–H and O–H groups in total. The summed E-state index contributed by atoms with van der Waals surface area (Å²) in [5.74, 6) is -1.02. The molecule has 2 amide bonds. The highest BCUT2D eigenvalue weighted by Gasteiger charge is 2.11. The first-order chi connectivity index (χ1) is 14.7. The van der Waals surface area contributed by atoms with Gasteiger partial charge in [-0.3, -0.25) is 14.4 Å². The number of methoxy groups -OCH3 is 1. The van der Waals surface area contributed by atoms with E-state index in [4.69, 9.17) is 0 Å². The zero-order valence-corrected chi connectivity index (χ0v) is 18.1. The van der Waals surface area contributed by atoms with Gasteiger partial charge in [-0.1, -0.05) is 24.3 Å². The summed E-state index contributed by atoms with van der Waals surface area (Å²) < 4.78 is 30.1. The molecule has 2 aromatic rings. The van der Waals surface area contributed by atoms with Crippen LogP contribution in [0.5, 0.6) is 0 Å². The number of anilines is 1. The van der Waals surface area contributed by atoms with E-state index in [0.29, 0.717) is 12.1 Å². The highest BCUT2D eigenvalue weighted by Crippen LogP contribution is 2.13. The van der Waals surface area contributed by atoms with Gasteiger partial charge in [-0.15, -0.1) is 0 Å². The number of carbonyl (C=O) groups is 3. The SMILES string of the molecule is CNS(=O)(=O)c1ccc(CCC(=O)Nc2ccc(CC(=O)NCC(=O)OC)cc2)cc1. The normalized spacial score (nSPS) is 10.9. The number of aryl methyl sites for hydroxylation is 1. The van der Waals surface area contributed by atoms with Crippen LogP contribution in [0.25, 0.3) is 0 Å². The molecule has 0 aliphatic heterocycles. The molecule has 10 heteroatoms. The van der Waals surface area contributed by atoms with E-state index in [0.717, 1.165) is 11.1 Å². The molecule has 9 nitrogen and oxygen atoms in total.